The average molecular weight is 466 g/mol. The zero-order chi connectivity index (χ0) is 22.6. The monoisotopic (exact) mass is 465 g/mol. The van der Waals surface area contributed by atoms with Crippen LogP contribution in [0, 0.1) is 0 Å². The Bertz CT molecular complexity index is 1040. The molecule has 2 aromatic rings. The third-order valence-corrected chi connectivity index (χ3v) is 7.72. The average Bonchev–Trinajstić information content (AvgIpc) is 3.30. The van der Waals surface area contributed by atoms with Crippen LogP contribution in [0.4, 0.5) is 0 Å². The zero-order valence-corrected chi connectivity index (χ0v) is 19.5. The Morgan fingerprint density at radius 2 is 1.87 bits per heavy atom. The summed E-state index contributed by atoms with van der Waals surface area (Å²) < 4.78 is 32.8. The summed E-state index contributed by atoms with van der Waals surface area (Å²) in [5, 5.41) is 3.53. The minimum atomic E-state index is -3.73. The molecule has 0 saturated carbocycles. The molecule has 0 bridgehead atoms. The molecule has 1 aliphatic heterocycles. The van der Waals surface area contributed by atoms with Crippen LogP contribution in [0.3, 0.4) is 0 Å². The topological polar surface area (TPSA) is 79.0 Å². The van der Waals surface area contributed by atoms with E-state index in [4.69, 9.17) is 16.3 Å². The number of nitrogens with one attached hydrogen (secondary N) is 1. The summed E-state index contributed by atoms with van der Waals surface area (Å²) >= 11 is 6.34. The number of ether oxygens (including phenoxy) is 1. The smallest absolute Gasteiger partial charge is 0.251 e. The molecule has 1 amide bonds. The first-order valence-electron chi connectivity index (χ1n) is 10.1. The van der Waals surface area contributed by atoms with Crippen LogP contribution in [0.15, 0.2) is 47.4 Å². The second-order valence-corrected chi connectivity index (χ2v) is 10.0. The molecular formula is C22H28ClN3O4S. The highest BCUT2D eigenvalue weighted by atomic mass is 35.5. The molecule has 1 fully saturated rings. The van der Waals surface area contributed by atoms with Gasteiger partial charge < -0.3 is 15.0 Å². The molecule has 0 radical (unpaired) electrons. The lowest BCUT2D eigenvalue weighted by atomic mass is 10.1. The molecule has 1 heterocycles. The third kappa shape index (κ3) is 5.20. The Morgan fingerprint density at radius 1 is 1.19 bits per heavy atom. The van der Waals surface area contributed by atoms with Crippen molar-refractivity contribution in [1.82, 2.24) is 14.5 Å². The van der Waals surface area contributed by atoms with Gasteiger partial charge in [-0.3, -0.25) is 4.79 Å². The largest absolute Gasteiger partial charge is 0.495 e. The van der Waals surface area contributed by atoms with E-state index in [1.807, 2.05) is 43.3 Å². The predicted molar refractivity (Wildman–Crippen MR) is 121 cm³/mol. The van der Waals surface area contributed by atoms with Gasteiger partial charge in [-0.2, -0.15) is 4.31 Å². The standard InChI is InChI=1S/C22H28ClN3O4S/c1-25(2)19(17-8-4-5-9-18(17)23)15-24-22(27)16-10-11-20(30-3)21(14-16)31(28,29)26-12-6-7-13-26/h4-5,8-11,14,19H,6-7,12-13,15H2,1-3H3,(H,24,27). The van der Waals surface area contributed by atoms with Crippen molar-refractivity contribution in [2.24, 2.45) is 0 Å². The number of nitrogens with zero attached hydrogens (tertiary/aromatic N) is 2. The summed E-state index contributed by atoms with van der Waals surface area (Å²) in [6.45, 7) is 1.27. The number of hydrogen-bond acceptors (Lipinski definition) is 5. The van der Waals surface area contributed by atoms with Crippen LogP contribution in [0.5, 0.6) is 5.75 Å². The Labute approximate surface area is 189 Å². The number of sulfonamides is 1. The highest BCUT2D eigenvalue weighted by Gasteiger charge is 2.30. The Hall–Kier alpha value is -2.13. The van der Waals surface area contributed by atoms with Gasteiger partial charge in [-0.05, 0) is 56.8 Å². The van der Waals surface area contributed by atoms with Crippen LogP contribution in [0.25, 0.3) is 0 Å². The van der Waals surface area contributed by atoms with E-state index < -0.39 is 10.0 Å². The van der Waals surface area contributed by atoms with Crippen LogP contribution in [0.2, 0.25) is 5.02 Å². The fourth-order valence-corrected chi connectivity index (χ4v) is 5.65. The molecule has 1 unspecified atom stereocenters. The van der Waals surface area contributed by atoms with E-state index in [1.54, 1.807) is 6.07 Å². The fourth-order valence-electron chi connectivity index (χ4n) is 3.69. The number of carbonyl (C=O) groups is 1. The molecule has 1 N–H and O–H groups in total. The molecular weight excluding hydrogens is 438 g/mol. The zero-order valence-electron chi connectivity index (χ0n) is 18.0. The van der Waals surface area contributed by atoms with E-state index in [-0.39, 0.29) is 28.2 Å². The summed E-state index contributed by atoms with van der Waals surface area (Å²) in [5.74, 6) is -0.134. The number of benzene rings is 2. The van der Waals surface area contributed by atoms with Crippen molar-refractivity contribution >= 4 is 27.5 Å². The molecule has 3 rings (SSSR count). The van der Waals surface area contributed by atoms with Crippen LogP contribution in [0.1, 0.15) is 34.8 Å². The first-order valence-corrected chi connectivity index (χ1v) is 11.9. The number of methoxy groups -OCH3 is 1. The van der Waals surface area contributed by atoms with Crippen molar-refractivity contribution in [1.29, 1.82) is 0 Å². The number of likely N-dealkylation sites (N-methyl/N-ethyl adjacent to an activating group) is 1. The molecule has 168 valence electrons. The van der Waals surface area contributed by atoms with Crippen LogP contribution in [-0.2, 0) is 10.0 Å². The van der Waals surface area contributed by atoms with Crippen molar-refractivity contribution in [2.45, 2.75) is 23.8 Å². The highest BCUT2D eigenvalue weighted by molar-refractivity contribution is 7.89. The summed E-state index contributed by atoms with van der Waals surface area (Å²) in [6, 6.07) is 11.8. The summed E-state index contributed by atoms with van der Waals surface area (Å²) in [7, 11) is 1.51. The predicted octanol–water partition coefficient (Wildman–Crippen LogP) is 3.17. The minimum Gasteiger partial charge on any atom is -0.495 e. The first kappa shape index (κ1) is 23.5. The second kappa shape index (κ2) is 9.99. The minimum absolute atomic E-state index is 0.0137. The van der Waals surface area contributed by atoms with E-state index in [9.17, 15) is 13.2 Å². The summed E-state index contributed by atoms with van der Waals surface area (Å²) in [6.07, 6.45) is 1.66. The molecule has 1 saturated heterocycles. The number of rotatable bonds is 8. The van der Waals surface area contributed by atoms with Crippen LogP contribution >= 0.6 is 11.6 Å². The van der Waals surface area contributed by atoms with Gasteiger partial charge in [0.15, 0.2) is 0 Å². The van der Waals surface area contributed by atoms with Crippen molar-refractivity contribution in [3.8, 4) is 5.75 Å². The Kier molecular flexibility index (Phi) is 7.59. The van der Waals surface area contributed by atoms with Gasteiger partial charge in [0.1, 0.15) is 10.6 Å². The van der Waals surface area contributed by atoms with Gasteiger partial charge in [0.05, 0.1) is 13.2 Å². The molecule has 0 aliphatic carbocycles. The van der Waals surface area contributed by atoms with Gasteiger partial charge in [0.25, 0.3) is 5.91 Å². The molecule has 1 aliphatic rings. The third-order valence-electron chi connectivity index (χ3n) is 5.45. The molecule has 7 nitrogen and oxygen atoms in total. The summed E-state index contributed by atoms with van der Waals surface area (Å²) in [5.41, 5.74) is 1.16. The van der Waals surface area contributed by atoms with Gasteiger partial charge in [0.2, 0.25) is 10.0 Å². The van der Waals surface area contributed by atoms with Gasteiger partial charge in [0, 0.05) is 30.2 Å². The van der Waals surface area contributed by atoms with E-state index in [0.717, 1.165) is 18.4 Å². The maximum absolute atomic E-state index is 13.1. The van der Waals surface area contributed by atoms with Gasteiger partial charge in [-0.15, -0.1) is 0 Å². The van der Waals surface area contributed by atoms with Crippen molar-refractivity contribution in [2.75, 3.05) is 40.8 Å². The fraction of sp³-hybridized carbons (Fsp3) is 0.409. The van der Waals surface area contributed by atoms with E-state index >= 15 is 0 Å². The quantitative estimate of drug-likeness (QED) is 0.647. The second-order valence-electron chi connectivity index (χ2n) is 7.69. The van der Waals surface area contributed by atoms with Gasteiger partial charge in [-0.25, -0.2) is 8.42 Å². The molecule has 0 spiro atoms. The lowest BCUT2D eigenvalue weighted by molar-refractivity contribution is 0.0941. The number of hydrogen-bond donors (Lipinski definition) is 1. The van der Waals surface area contributed by atoms with Crippen molar-refractivity contribution < 1.29 is 17.9 Å². The van der Waals surface area contributed by atoms with Gasteiger partial charge >= 0.3 is 0 Å². The molecule has 1 atom stereocenters. The Morgan fingerprint density at radius 3 is 2.48 bits per heavy atom. The van der Waals surface area contributed by atoms with E-state index in [1.165, 1.54) is 23.5 Å². The molecule has 0 aromatic heterocycles. The number of carbonyl (C=O) groups excluding carboxylic acids is 1. The number of amides is 1. The van der Waals surface area contributed by atoms with Crippen LogP contribution in [-0.4, -0.2) is 64.4 Å². The van der Waals surface area contributed by atoms with Gasteiger partial charge in [-0.1, -0.05) is 29.8 Å². The highest BCUT2D eigenvalue weighted by Crippen LogP contribution is 2.30. The molecule has 9 heteroatoms. The maximum Gasteiger partial charge on any atom is 0.251 e. The number of halogens is 1. The Balaban J connectivity index is 1.82. The molecule has 31 heavy (non-hydrogen) atoms. The maximum atomic E-state index is 13.1. The lowest BCUT2D eigenvalue weighted by Gasteiger charge is -2.26. The van der Waals surface area contributed by atoms with Crippen molar-refractivity contribution in [3.05, 3.63) is 58.6 Å². The van der Waals surface area contributed by atoms with E-state index in [0.29, 0.717) is 24.7 Å². The van der Waals surface area contributed by atoms with E-state index in [2.05, 4.69) is 5.32 Å². The normalized spacial score (nSPS) is 15.8. The summed E-state index contributed by atoms with van der Waals surface area (Å²) in [4.78, 5) is 14.9. The van der Waals surface area contributed by atoms with Crippen molar-refractivity contribution in [3.63, 3.8) is 0 Å². The lowest BCUT2D eigenvalue weighted by Crippen LogP contribution is -2.35. The van der Waals surface area contributed by atoms with Crippen LogP contribution < -0.4 is 10.1 Å². The molecule has 2 aromatic carbocycles. The SMILES string of the molecule is COc1ccc(C(=O)NCC(c2ccccc2Cl)N(C)C)cc1S(=O)(=O)N1CCCC1. The first-order chi connectivity index (χ1) is 14.8.